The van der Waals surface area contributed by atoms with Crippen molar-refractivity contribution in [1.82, 2.24) is 4.90 Å². The molecule has 4 heteroatoms. The third-order valence-corrected chi connectivity index (χ3v) is 2.16. The SMILES string of the molecule is CN(C)CC(Cl)c1cc(F)cc(F)c1. The lowest BCUT2D eigenvalue weighted by atomic mass is 10.1. The fraction of sp³-hybridized carbons (Fsp3) is 0.400. The van der Waals surface area contributed by atoms with Crippen LogP contribution in [0.1, 0.15) is 10.9 Å². The maximum absolute atomic E-state index is 12.8. The number of halogens is 3. The monoisotopic (exact) mass is 219 g/mol. The van der Waals surface area contributed by atoms with E-state index in [-0.39, 0.29) is 0 Å². The van der Waals surface area contributed by atoms with Crippen LogP contribution in [0.2, 0.25) is 0 Å². The fourth-order valence-electron chi connectivity index (χ4n) is 1.18. The molecule has 0 spiro atoms. The van der Waals surface area contributed by atoms with Gasteiger partial charge in [0.25, 0.3) is 0 Å². The Morgan fingerprint density at radius 1 is 1.21 bits per heavy atom. The Hall–Kier alpha value is -0.670. The number of hydrogen-bond donors (Lipinski definition) is 0. The van der Waals surface area contributed by atoms with Crippen molar-refractivity contribution in [3.05, 3.63) is 35.4 Å². The van der Waals surface area contributed by atoms with Crippen LogP contribution in [0.15, 0.2) is 18.2 Å². The summed E-state index contributed by atoms with van der Waals surface area (Å²) in [7, 11) is 3.70. The standard InChI is InChI=1S/C10H12ClF2N/c1-14(2)6-10(11)7-3-8(12)5-9(13)4-7/h3-5,10H,6H2,1-2H3. The first-order valence-electron chi connectivity index (χ1n) is 4.24. The van der Waals surface area contributed by atoms with E-state index in [1.807, 2.05) is 19.0 Å². The molecule has 0 aliphatic rings. The van der Waals surface area contributed by atoms with Gasteiger partial charge < -0.3 is 4.90 Å². The predicted molar refractivity (Wildman–Crippen MR) is 53.5 cm³/mol. The minimum Gasteiger partial charge on any atom is -0.308 e. The molecule has 0 heterocycles. The van der Waals surface area contributed by atoms with Gasteiger partial charge in [-0.1, -0.05) is 0 Å². The molecule has 0 fully saturated rings. The van der Waals surface area contributed by atoms with E-state index in [0.29, 0.717) is 12.1 Å². The van der Waals surface area contributed by atoms with Crippen molar-refractivity contribution in [2.24, 2.45) is 0 Å². The van der Waals surface area contributed by atoms with Crippen LogP contribution in [0.4, 0.5) is 8.78 Å². The molecule has 1 aromatic carbocycles. The largest absolute Gasteiger partial charge is 0.308 e. The van der Waals surface area contributed by atoms with E-state index in [1.54, 1.807) is 0 Å². The Bertz CT molecular complexity index is 295. The van der Waals surface area contributed by atoms with Crippen molar-refractivity contribution in [2.75, 3.05) is 20.6 Å². The van der Waals surface area contributed by atoms with Gasteiger partial charge in [0.2, 0.25) is 0 Å². The molecule has 1 unspecified atom stereocenters. The van der Waals surface area contributed by atoms with Crippen LogP contribution in [0.25, 0.3) is 0 Å². The zero-order chi connectivity index (χ0) is 10.7. The number of benzene rings is 1. The molecule has 0 aromatic heterocycles. The lowest BCUT2D eigenvalue weighted by molar-refractivity contribution is 0.407. The summed E-state index contributed by atoms with van der Waals surface area (Å²) in [6, 6.07) is 3.34. The van der Waals surface area contributed by atoms with Crippen LogP contribution in [0.5, 0.6) is 0 Å². The van der Waals surface area contributed by atoms with Gasteiger partial charge in [0.15, 0.2) is 0 Å². The van der Waals surface area contributed by atoms with Gasteiger partial charge in [-0.05, 0) is 31.8 Å². The van der Waals surface area contributed by atoms with Crippen molar-refractivity contribution in [1.29, 1.82) is 0 Å². The Kier molecular flexibility index (Phi) is 3.84. The molecule has 1 atom stereocenters. The highest BCUT2D eigenvalue weighted by Crippen LogP contribution is 2.22. The molecular formula is C10H12ClF2N. The topological polar surface area (TPSA) is 3.24 Å². The maximum atomic E-state index is 12.8. The second kappa shape index (κ2) is 4.71. The van der Waals surface area contributed by atoms with Crippen LogP contribution in [-0.2, 0) is 0 Å². The third kappa shape index (κ3) is 3.24. The molecule has 0 amide bonds. The van der Waals surface area contributed by atoms with Crippen molar-refractivity contribution in [3.8, 4) is 0 Å². The predicted octanol–water partition coefficient (Wildman–Crippen LogP) is 2.81. The summed E-state index contributed by atoms with van der Waals surface area (Å²) in [5.41, 5.74) is 0.470. The molecule has 0 saturated heterocycles. The van der Waals surface area contributed by atoms with Crippen LogP contribution < -0.4 is 0 Å². The van der Waals surface area contributed by atoms with Crippen LogP contribution >= 0.6 is 11.6 Å². The molecule has 1 nitrogen and oxygen atoms in total. The zero-order valence-corrected chi connectivity index (χ0v) is 8.85. The Morgan fingerprint density at radius 3 is 2.14 bits per heavy atom. The number of nitrogens with zero attached hydrogens (tertiary/aromatic N) is 1. The molecule has 0 aliphatic heterocycles. The first kappa shape index (κ1) is 11.4. The molecule has 0 aliphatic carbocycles. The third-order valence-electron chi connectivity index (χ3n) is 1.77. The molecule has 14 heavy (non-hydrogen) atoms. The average molecular weight is 220 g/mol. The summed E-state index contributed by atoms with van der Waals surface area (Å²) in [5.74, 6) is -1.19. The molecular weight excluding hydrogens is 208 g/mol. The minimum absolute atomic E-state index is 0.393. The van der Waals surface area contributed by atoms with E-state index in [1.165, 1.54) is 12.1 Å². The summed E-state index contributed by atoms with van der Waals surface area (Å²) < 4.78 is 25.6. The van der Waals surface area contributed by atoms with Crippen molar-refractivity contribution in [2.45, 2.75) is 5.38 Å². The fourth-order valence-corrected chi connectivity index (χ4v) is 1.58. The van der Waals surface area contributed by atoms with Crippen LogP contribution in [-0.4, -0.2) is 25.5 Å². The van der Waals surface area contributed by atoms with Gasteiger partial charge in [-0.25, -0.2) is 8.78 Å². The van der Waals surface area contributed by atoms with Gasteiger partial charge in [0.05, 0.1) is 5.38 Å². The molecule has 78 valence electrons. The maximum Gasteiger partial charge on any atom is 0.126 e. The highest BCUT2D eigenvalue weighted by atomic mass is 35.5. The number of likely N-dealkylation sites (N-methyl/N-ethyl adjacent to an activating group) is 1. The second-order valence-electron chi connectivity index (χ2n) is 3.43. The first-order chi connectivity index (χ1) is 6.49. The van der Waals surface area contributed by atoms with E-state index in [9.17, 15) is 8.78 Å². The number of hydrogen-bond acceptors (Lipinski definition) is 1. The molecule has 0 bridgehead atoms. The zero-order valence-electron chi connectivity index (χ0n) is 8.10. The van der Waals surface area contributed by atoms with Crippen molar-refractivity contribution < 1.29 is 8.78 Å². The molecule has 1 aromatic rings. The van der Waals surface area contributed by atoms with E-state index >= 15 is 0 Å². The van der Waals surface area contributed by atoms with Crippen molar-refractivity contribution >= 4 is 11.6 Å². The van der Waals surface area contributed by atoms with Gasteiger partial charge in [0, 0.05) is 12.6 Å². The molecule has 0 N–H and O–H groups in total. The Morgan fingerprint density at radius 2 is 1.71 bits per heavy atom. The minimum atomic E-state index is -0.593. The summed E-state index contributed by atoms with van der Waals surface area (Å²) in [6.07, 6.45) is 0. The van der Waals surface area contributed by atoms with E-state index in [2.05, 4.69) is 0 Å². The summed E-state index contributed by atoms with van der Waals surface area (Å²) in [5, 5.41) is -0.393. The van der Waals surface area contributed by atoms with E-state index < -0.39 is 17.0 Å². The highest BCUT2D eigenvalue weighted by molar-refractivity contribution is 6.21. The molecule has 0 saturated carbocycles. The van der Waals surface area contributed by atoms with E-state index in [0.717, 1.165) is 6.07 Å². The van der Waals surface area contributed by atoms with Gasteiger partial charge in [0.1, 0.15) is 11.6 Å². The second-order valence-corrected chi connectivity index (χ2v) is 3.96. The lowest BCUT2D eigenvalue weighted by Crippen LogP contribution is -2.17. The molecule has 1 rings (SSSR count). The normalized spacial score (nSPS) is 13.3. The Labute approximate surface area is 87.3 Å². The van der Waals surface area contributed by atoms with Crippen LogP contribution in [0, 0.1) is 11.6 Å². The van der Waals surface area contributed by atoms with Crippen molar-refractivity contribution in [3.63, 3.8) is 0 Å². The summed E-state index contributed by atoms with van der Waals surface area (Å²) in [6.45, 7) is 0.546. The quantitative estimate of drug-likeness (QED) is 0.707. The lowest BCUT2D eigenvalue weighted by Gasteiger charge is -2.15. The highest BCUT2D eigenvalue weighted by Gasteiger charge is 2.11. The van der Waals surface area contributed by atoms with E-state index in [4.69, 9.17) is 11.6 Å². The summed E-state index contributed by atoms with van der Waals surface area (Å²) >= 11 is 5.97. The summed E-state index contributed by atoms with van der Waals surface area (Å²) in [4.78, 5) is 1.86. The Balaban J connectivity index is 2.84. The molecule has 0 radical (unpaired) electrons. The van der Waals surface area contributed by atoms with Gasteiger partial charge in [-0.3, -0.25) is 0 Å². The number of alkyl halides is 1. The number of rotatable bonds is 3. The first-order valence-corrected chi connectivity index (χ1v) is 4.67. The average Bonchev–Trinajstić information content (AvgIpc) is 2.00. The van der Waals surface area contributed by atoms with Gasteiger partial charge >= 0.3 is 0 Å². The smallest absolute Gasteiger partial charge is 0.126 e. The van der Waals surface area contributed by atoms with Gasteiger partial charge in [-0.15, -0.1) is 11.6 Å². The van der Waals surface area contributed by atoms with Gasteiger partial charge in [-0.2, -0.15) is 0 Å². The van der Waals surface area contributed by atoms with Crippen LogP contribution in [0.3, 0.4) is 0 Å².